The van der Waals surface area contributed by atoms with Crippen LogP contribution in [0.5, 0.6) is 0 Å². The second-order valence-electron chi connectivity index (χ2n) is 4.48. The minimum absolute atomic E-state index is 0. The van der Waals surface area contributed by atoms with Crippen molar-refractivity contribution in [2.24, 2.45) is 17.6 Å². The highest BCUT2D eigenvalue weighted by molar-refractivity contribution is 5.85. The lowest BCUT2D eigenvalue weighted by molar-refractivity contribution is -0.125. The van der Waals surface area contributed by atoms with Crippen molar-refractivity contribution in [2.75, 3.05) is 19.8 Å². The largest absolute Gasteiger partial charge is 0.381 e. The molecule has 96 valence electrons. The highest BCUT2D eigenvalue weighted by atomic mass is 35.5. The van der Waals surface area contributed by atoms with Gasteiger partial charge in [-0.2, -0.15) is 0 Å². The van der Waals surface area contributed by atoms with Crippen LogP contribution in [0.2, 0.25) is 0 Å². The lowest BCUT2D eigenvalue weighted by atomic mass is 10.0. The summed E-state index contributed by atoms with van der Waals surface area (Å²) in [5, 5.41) is 2.93. The third-order valence-corrected chi connectivity index (χ3v) is 3.02. The number of ether oxygens (including phenoxy) is 1. The summed E-state index contributed by atoms with van der Waals surface area (Å²) in [7, 11) is 0. The molecule has 3 atom stereocenters. The normalized spacial score (nSPS) is 24.1. The maximum Gasteiger partial charge on any atom is 0.224 e. The van der Waals surface area contributed by atoms with E-state index in [0.29, 0.717) is 5.92 Å². The molecule has 5 heteroatoms. The van der Waals surface area contributed by atoms with Crippen LogP contribution in [0.3, 0.4) is 0 Å². The van der Waals surface area contributed by atoms with Crippen LogP contribution in [0.15, 0.2) is 0 Å². The quantitative estimate of drug-likeness (QED) is 0.780. The zero-order chi connectivity index (χ0) is 11.3. The Kier molecular flexibility index (Phi) is 7.72. The number of halogens is 1. The third kappa shape index (κ3) is 5.14. The maximum atomic E-state index is 11.6. The van der Waals surface area contributed by atoms with Crippen LogP contribution in [-0.2, 0) is 9.53 Å². The van der Waals surface area contributed by atoms with Gasteiger partial charge < -0.3 is 15.8 Å². The molecule has 0 aromatic rings. The van der Waals surface area contributed by atoms with Gasteiger partial charge in [0.25, 0.3) is 0 Å². The van der Waals surface area contributed by atoms with Gasteiger partial charge in [-0.25, -0.2) is 0 Å². The molecular formula is C11H23ClN2O2. The van der Waals surface area contributed by atoms with Crippen LogP contribution in [0, 0.1) is 11.8 Å². The molecule has 1 rings (SSSR count). The maximum absolute atomic E-state index is 11.6. The smallest absolute Gasteiger partial charge is 0.224 e. The number of nitrogens with two attached hydrogens (primary N) is 1. The third-order valence-electron chi connectivity index (χ3n) is 3.02. The molecule has 1 aliphatic rings. The van der Waals surface area contributed by atoms with Crippen molar-refractivity contribution in [3.05, 3.63) is 0 Å². The molecule has 0 saturated carbocycles. The van der Waals surface area contributed by atoms with Gasteiger partial charge in [-0.1, -0.05) is 6.92 Å². The van der Waals surface area contributed by atoms with Gasteiger partial charge >= 0.3 is 0 Å². The van der Waals surface area contributed by atoms with Crippen molar-refractivity contribution in [3.8, 4) is 0 Å². The topological polar surface area (TPSA) is 64.4 Å². The van der Waals surface area contributed by atoms with Crippen molar-refractivity contribution in [2.45, 2.75) is 32.7 Å². The first-order valence-corrected chi connectivity index (χ1v) is 5.72. The first kappa shape index (κ1) is 15.7. The van der Waals surface area contributed by atoms with Crippen LogP contribution in [0.25, 0.3) is 0 Å². The van der Waals surface area contributed by atoms with Gasteiger partial charge in [0.2, 0.25) is 5.91 Å². The number of nitrogens with one attached hydrogen (secondary N) is 1. The summed E-state index contributed by atoms with van der Waals surface area (Å²) in [5.74, 6) is 0.410. The van der Waals surface area contributed by atoms with E-state index in [1.54, 1.807) is 0 Å². The van der Waals surface area contributed by atoms with Crippen LogP contribution < -0.4 is 11.1 Å². The lowest BCUT2D eigenvalue weighted by Crippen LogP contribution is -2.41. The zero-order valence-corrected chi connectivity index (χ0v) is 10.9. The number of carbonyl (C=O) groups excluding carboxylic acids is 1. The molecule has 0 bridgehead atoms. The summed E-state index contributed by atoms with van der Waals surface area (Å²) in [4.78, 5) is 11.6. The Balaban J connectivity index is 0.00000225. The van der Waals surface area contributed by atoms with Gasteiger partial charge in [-0.3, -0.25) is 4.79 Å². The van der Waals surface area contributed by atoms with E-state index in [2.05, 4.69) is 5.32 Å². The van der Waals surface area contributed by atoms with E-state index in [9.17, 15) is 4.79 Å². The van der Waals surface area contributed by atoms with E-state index >= 15 is 0 Å². The predicted molar refractivity (Wildman–Crippen MR) is 66.6 cm³/mol. The summed E-state index contributed by atoms with van der Waals surface area (Å²) in [6, 6.07) is -0.0902. The SMILES string of the molecule is CC(N)C(C)C(=O)NCC1CCCOC1.Cl. The molecule has 0 radical (unpaired) electrons. The standard InChI is InChI=1S/C11H22N2O2.ClH/c1-8(9(2)12)11(14)13-6-10-4-3-5-15-7-10;/h8-10H,3-7,12H2,1-2H3,(H,13,14);1H. The Morgan fingerprint density at radius 2 is 2.25 bits per heavy atom. The molecule has 0 aromatic heterocycles. The second-order valence-corrected chi connectivity index (χ2v) is 4.48. The minimum Gasteiger partial charge on any atom is -0.381 e. The van der Waals surface area contributed by atoms with Crippen LogP contribution in [0.4, 0.5) is 0 Å². The Labute approximate surface area is 104 Å². The molecule has 4 nitrogen and oxygen atoms in total. The fourth-order valence-electron chi connectivity index (χ4n) is 1.61. The van der Waals surface area contributed by atoms with Crippen molar-refractivity contribution in [1.29, 1.82) is 0 Å². The van der Waals surface area contributed by atoms with Crippen molar-refractivity contribution >= 4 is 18.3 Å². The molecular weight excluding hydrogens is 228 g/mol. The van der Waals surface area contributed by atoms with E-state index in [4.69, 9.17) is 10.5 Å². The molecule has 0 spiro atoms. The fraction of sp³-hybridized carbons (Fsp3) is 0.909. The summed E-state index contributed by atoms with van der Waals surface area (Å²) in [6.07, 6.45) is 2.25. The van der Waals surface area contributed by atoms with Crippen molar-refractivity contribution < 1.29 is 9.53 Å². The highest BCUT2D eigenvalue weighted by Gasteiger charge is 2.19. The lowest BCUT2D eigenvalue weighted by Gasteiger charge is -2.23. The monoisotopic (exact) mass is 250 g/mol. The molecule has 3 N–H and O–H groups in total. The summed E-state index contributed by atoms with van der Waals surface area (Å²) < 4.78 is 5.35. The molecule has 1 aliphatic heterocycles. The van der Waals surface area contributed by atoms with Gasteiger partial charge in [-0.05, 0) is 25.7 Å². The van der Waals surface area contributed by atoms with Gasteiger partial charge in [0.15, 0.2) is 0 Å². The molecule has 1 heterocycles. The van der Waals surface area contributed by atoms with Gasteiger partial charge in [0.05, 0.1) is 6.61 Å². The molecule has 3 unspecified atom stereocenters. The Morgan fingerprint density at radius 1 is 1.56 bits per heavy atom. The summed E-state index contributed by atoms with van der Waals surface area (Å²) >= 11 is 0. The summed E-state index contributed by atoms with van der Waals surface area (Å²) in [6.45, 7) is 6.06. The molecule has 1 amide bonds. The van der Waals surface area contributed by atoms with Crippen LogP contribution in [-0.4, -0.2) is 31.7 Å². The van der Waals surface area contributed by atoms with Gasteiger partial charge in [-0.15, -0.1) is 12.4 Å². The van der Waals surface area contributed by atoms with E-state index in [-0.39, 0.29) is 30.3 Å². The van der Waals surface area contributed by atoms with E-state index in [1.165, 1.54) is 0 Å². The number of hydrogen-bond acceptors (Lipinski definition) is 3. The van der Waals surface area contributed by atoms with Crippen LogP contribution >= 0.6 is 12.4 Å². The predicted octanol–water partition coefficient (Wildman–Crippen LogP) is 0.934. The molecule has 16 heavy (non-hydrogen) atoms. The highest BCUT2D eigenvalue weighted by Crippen LogP contribution is 2.12. The Morgan fingerprint density at radius 3 is 2.75 bits per heavy atom. The number of rotatable bonds is 4. The zero-order valence-electron chi connectivity index (χ0n) is 10.1. The number of hydrogen-bond donors (Lipinski definition) is 2. The first-order valence-electron chi connectivity index (χ1n) is 5.72. The molecule has 0 aliphatic carbocycles. The minimum atomic E-state index is -0.116. The average molecular weight is 251 g/mol. The molecule has 0 aromatic carbocycles. The van der Waals surface area contributed by atoms with E-state index in [1.807, 2.05) is 13.8 Å². The van der Waals surface area contributed by atoms with Gasteiger partial charge in [0.1, 0.15) is 0 Å². The number of carbonyl (C=O) groups is 1. The Bertz CT molecular complexity index is 206. The fourth-order valence-corrected chi connectivity index (χ4v) is 1.61. The first-order chi connectivity index (χ1) is 7.11. The summed E-state index contributed by atoms with van der Waals surface area (Å²) in [5.41, 5.74) is 5.66. The van der Waals surface area contributed by atoms with Crippen LogP contribution in [0.1, 0.15) is 26.7 Å². The second kappa shape index (κ2) is 7.87. The van der Waals surface area contributed by atoms with Gasteiger partial charge in [0, 0.05) is 25.1 Å². The molecule has 1 fully saturated rings. The molecule has 1 saturated heterocycles. The van der Waals surface area contributed by atoms with Crippen molar-refractivity contribution in [1.82, 2.24) is 5.32 Å². The Hall–Kier alpha value is -0.320. The van der Waals surface area contributed by atoms with E-state index in [0.717, 1.165) is 32.6 Å². The van der Waals surface area contributed by atoms with Crippen molar-refractivity contribution in [3.63, 3.8) is 0 Å². The van der Waals surface area contributed by atoms with E-state index < -0.39 is 0 Å². The average Bonchev–Trinajstić information content (AvgIpc) is 2.26. The number of amides is 1.